The molecule has 0 saturated heterocycles. The maximum atomic E-state index is 11.5. The van der Waals surface area contributed by atoms with Crippen LogP contribution in [-0.4, -0.2) is 37.2 Å². The van der Waals surface area contributed by atoms with Crippen molar-refractivity contribution >= 4 is 11.8 Å². The molecule has 110 valence electrons. The monoisotopic (exact) mass is 287 g/mol. The first-order chi connectivity index (χ1) is 10.2. The van der Waals surface area contributed by atoms with E-state index in [9.17, 15) is 4.79 Å². The Balaban J connectivity index is 2.20. The van der Waals surface area contributed by atoms with Gasteiger partial charge in [0.25, 0.3) is 0 Å². The van der Waals surface area contributed by atoms with Crippen LogP contribution in [0.1, 0.15) is 16.1 Å². The maximum absolute atomic E-state index is 11.5. The van der Waals surface area contributed by atoms with E-state index in [1.165, 1.54) is 13.3 Å². The minimum atomic E-state index is -0.505. The van der Waals surface area contributed by atoms with E-state index in [1.807, 2.05) is 36.2 Å². The number of methoxy groups -OCH3 is 2. The lowest BCUT2D eigenvalue weighted by molar-refractivity contribution is 0.0593. The van der Waals surface area contributed by atoms with Crippen LogP contribution in [0.15, 0.2) is 36.7 Å². The Bertz CT molecular complexity index is 631. The molecule has 0 aliphatic carbocycles. The molecule has 0 N–H and O–H groups in total. The van der Waals surface area contributed by atoms with Gasteiger partial charge in [-0.05, 0) is 6.07 Å². The number of rotatable bonds is 5. The number of nitrogens with zero attached hydrogens (tertiary/aromatic N) is 3. The van der Waals surface area contributed by atoms with Crippen molar-refractivity contribution in [1.82, 2.24) is 9.97 Å². The van der Waals surface area contributed by atoms with Crippen LogP contribution < -0.4 is 9.64 Å². The van der Waals surface area contributed by atoms with Gasteiger partial charge in [0.2, 0.25) is 0 Å². The molecule has 2 aromatic rings. The summed E-state index contributed by atoms with van der Waals surface area (Å²) < 4.78 is 9.97. The molecule has 1 aromatic heterocycles. The number of benzene rings is 1. The van der Waals surface area contributed by atoms with Crippen molar-refractivity contribution in [1.29, 1.82) is 0 Å². The van der Waals surface area contributed by atoms with Gasteiger partial charge in [-0.1, -0.05) is 18.2 Å². The summed E-state index contributed by atoms with van der Waals surface area (Å²) in [5.41, 5.74) is 1.20. The van der Waals surface area contributed by atoms with Gasteiger partial charge in [-0.15, -0.1) is 0 Å². The second kappa shape index (κ2) is 6.69. The number of carbonyl (C=O) groups excluding carboxylic acids is 1. The van der Waals surface area contributed by atoms with Crippen molar-refractivity contribution in [3.8, 4) is 5.75 Å². The molecular weight excluding hydrogens is 270 g/mol. The Morgan fingerprint density at radius 1 is 1.24 bits per heavy atom. The number of hydrogen-bond acceptors (Lipinski definition) is 6. The normalized spacial score (nSPS) is 10.0. The molecule has 0 atom stereocenters. The van der Waals surface area contributed by atoms with Crippen LogP contribution in [0, 0.1) is 0 Å². The molecule has 0 spiro atoms. The Kier molecular flexibility index (Phi) is 4.71. The molecule has 0 unspecified atom stereocenters. The van der Waals surface area contributed by atoms with Gasteiger partial charge in [0.05, 0.1) is 26.6 Å². The zero-order valence-corrected chi connectivity index (χ0v) is 12.2. The van der Waals surface area contributed by atoms with Crippen LogP contribution >= 0.6 is 0 Å². The molecular formula is C15H17N3O3. The van der Waals surface area contributed by atoms with Gasteiger partial charge in [0, 0.05) is 19.2 Å². The average molecular weight is 287 g/mol. The summed E-state index contributed by atoms with van der Waals surface area (Å²) in [6.07, 6.45) is 2.98. The van der Waals surface area contributed by atoms with E-state index in [4.69, 9.17) is 4.74 Å². The van der Waals surface area contributed by atoms with Gasteiger partial charge >= 0.3 is 5.97 Å². The lowest BCUT2D eigenvalue weighted by Crippen LogP contribution is -2.19. The van der Waals surface area contributed by atoms with Gasteiger partial charge in [-0.2, -0.15) is 0 Å². The topological polar surface area (TPSA) is 64.5 Å². The minimum absolute atomic E-state index is 0.182. The van der Waals surface area contributed by atoms with E-state index in [0.717, 1.165) is 11.3 Å². The van der Waals surface area contributed by atoms with E-state index in [2.05, 4.69) is 14.7 Å². The standard InChI is InChI=1S/C15H17N3O3/c1-18(10-11-6-4-5-7-13(11)20-2)14-9-16-8-12(17-14)15(19)21-3/h4-9H,10H2,1-3H3. The summed E-state index contributed by atoms with van der Waals surface area (Å²) in [7, 11) is 4.82. The lowest BCUT2D eigenvalue weighted by Gasteiger charge is -2.19. The number of esters is 1. The SMILES string of the molecule is COC(=O)c1cncc(N(C)Cc2ccccc2OC)n1. The first-order valence-corrected chi connectivity index (χ1v) is 6.39. The van der Waals surface area contributed by atoms with Crippen LogP contribution in [0.4, 0.5) is 5.82 Å². The molecule has 1 aromatic carbocycles. The maximum Gasteiger partial charge on any atom is 0.358 e. The third-order valence-electron chi connectivity index (χ3n) is 3.01. The molecule has 0 radical (unpaired) electrons. The highest BCUT2D eigenvalue weighted by Gasteiger charge is 2.12. The smallest absolute Gasteiger partial charge is 0.358 e. The molecule has 0 aliphatic rings. The van der Waals surface area contributed by atoms with Crippen LogP contribution in [0.2, 0.25) is 0 Å². The van der Waals surface area contributed by atoms with E-state index in [0.29, 0.717) is 12.4 Å². The first kappa shape index (κ1) is 14.8. The number of para-hydroxylation sites is 1. The van der Waals surface area contributed by atoms with Crippen LogP contribution in [0.3, 0.4) is 0 Å². The first-order valence-electron chi connectivity index (χ1n) is 6.39. The van der Waals surface area contributed by atoms with Crippen LogP contribution in [0.5, 0.6) is 5.75 Å². The van der Waals surface area contributed by atoms with Crippen molar-refractivity contribution in [2.75, 3.05) is 26.2 Å². The number of ether oxygens (including phenoxy) is 2. The molecule has 0 saturated carbocycles. The van der Waals surface area contributed by atoms with Gasteiger partial charge < -0.3 is 14.4 Å². The van der Waals surface area contributed by atoms with Crippen LogP contribution in [0.25, 0.3) is 0 Å². The van der Waals surface area contributed by atoms with E-state index in [1.54, 1.807) is 13.3 Å². The molecule has 6 nitrogen and oxygen atoms in total. The van der Waals surface area contributed by atoms with Gasteiger partial charge in [-0.3, -0.25) is 4.98 Å². The van der Waals surface area contributed by atoms with Crippen molar-refractivity contribution in [3.05, 3.63) is 47.9 Å². The third kappa shape index (κ3) is 3.47. The highest BCUT2D eigenvalue weighted by atomic mass is 16.5. The Morgan fingerprint density at radius 3 is 2.71 bits per heavy atom. The van der Waals surface area contributed by atoms with Crippen molar-refractivity contribution < 1.29 is 14.3 Å². The zero-order chi connectivity index (χ0) is 15.2. The third-order valence-corrected chi connectivity index (χ3v) is 3.01. The predicted molar refractivity (Wildman–Crippen MR) is 78.5 cm³/mol. The van der Waals surface area contributed by atoms with Gasteiger partial charge in [0.1, 0.15) is 11.6 Å². The molecule has 0 aliphatic heterocycles. The van der Waals surface area contributed by atoms with E-state index in [-0.39, 0.29) is 5.69 Å². The van der Waals surface area contributed by atoms with E-state index < -0.39 is 5.97 Å². The van der Waals surface area contributed by atoms with Gasteiger partial charge in [0.15, 0.2) is 5.69 Å². The molecule has 0 amide bonds. The summed E-state index contributed by atoms with van der Waals surface area (Å²) in [5.74, 6) is 0.889. The molecule has 0 fully saturated rings. The Morgan fingerprint density at radius 2 is 2.00 bits per heavy atom. The predicted octanol–water partition coefficient (Wildman–Crippen LogP) is 1.91. The fourth-order valence-corrected chi connectivity index (χ4v) is 1.91. The fraction of sp³-hybridized carbons (Fsp3) is 0.267. The highest BCUT2D eigenvalue weighted by Crippen LogP contribution is 2.20. The largest absolute Gasteiger partial charge is 0.496 e. The highest BCUT2D eigenvalue weighted by molar-refractivity contribution is 5.87. The van der Waals surface area contributed by atoms with Crippen LogP contribution in [-0.2, 0) is 11.3 Å². The molecule has 6 heteroatoms. The van der Waals surface area contributed by atoms with E-state index >= 15 is 0 Å². The Labute approximate surface area is 123 Å². The molecule has 0 bridgehead atoms. The number of hydrogen-bond donors (Lipinski definition) is 0. The van der Waals surface area contributed by atoms with Gasteiger partial charge in [-0.25, -0.2) is 9.78 Å². The number of anilines is 1. The minimum Gasteiger partial charge on any atom is -0.496 e. The summed E-state index contributed by atoms with van der Waals surface area (Å²) in [4.78, 5) is 21.6. The number of aromatic nitrogens is 2. The molecule has 2 rings (SSSR count). The summed E-state index contributed by atoms with van der Waals surface area (Å²) in [6, 6.07) is 7.74. The van der Waals surface area contributed by atoms with Crippen molar-refractivity contribution in [3.63, 3.8) is 0 Å². The lowest BCUT2D eigenvalue weighted by atomic mass is 10.2. The second-order valence-corrected chi connectivity index (χ2v) is 4.42. The molecule has 1 heterocycles. The van der Waals surface area contributed by atoms with Crippen molar-refractivity contribution in [2.45, 2.75) is 6.54 Å². The average Bonchev–Trinajstić information content (AvgIpc) is 2.54. The zero-order valence-electron chi connectivity index (χ0n) is 12.2. The molecule has 21 heavy (non-hydrogen) atoms. The number of carbonyl (C=O) groups is 1. The Hall–Kier alpha value is -2.63. The summed E-state index contributed by atoms with van der Waals surface area (Å²) in [6.45, 7) is 0.587. The fourth-order valence-electron chi connectivity index (χ4n) is 1.91. The quantitative estimate of drug-likeness (QED) is 0.783. The summed E-state index contributed by atoms with van der Waals surface area (Å²) >= 11 is 0. The summed E-state index contributed by atoms with van der Waals surface area (Å²) in [5, 5.41) is 0. The van der Waals surface area contributed by atoms with Crippen molar-refractivity contribution in [2.24, 2.45) is 0 Å². The second-order valence-electron chi connectivity index (χ2n) is 4.42.